The van der Waals surface area contributed by atoms with E-state index in [1.54, 1.807) is 6.07 Å². The Morgan fingerprint density at radius 2 is 2.00 bits per heavy atom. The maximum Gasteiger partial charge on any atom is 0.320 e. The summed E-state index contributed by atoms with van der Waals surface area (Å²) in [5.74, 6) is 0.513. The van der Waals surface area contributed by atoms with Crippen molar-refractivity contribution >= 4 is 23.4 Å². The molecule has 0 unspecified atom stereocenters. The Bertz CT molecular complexity index is 754. The van der Waals surface area contributed by atoms with Gasteiger partial charge in [0.15, 0.2) is 5.82 Å². The van der Waals surface area contributed by atoms with E-state index in [0.717, 1.165) is 38.3 Å². The third-order valence-electron chi connectivity index (χ3n) is 4.14. The van der Waals surface area contributed by atoms with Crippen molar-refractivity contribution in [1.29, 1.82) is 0 Å². The van der Waals surface area contributed by atoms with Crippen LogP contribution in [0.4, 0.5) is 10.6 Å². The van der Waals surface area contributed by atoms with Crippen LogP contribution in [0.2, 0.25) is 5.02 Å². The number of rotatable bonds is 7. The topological polar surface area (TPSA) is 91.4 Å². The second kappa shape index (κ2) is 10.1. The number of hydrogen-bond donors (Lipinski definition) is 3. The van der Waals surface area contributed by atoms with Gasteiger partial charge in [0.1, 0.15) is 6.61 Å². The molecule has 1 aliphatic heterocycles. The molecule has 2 aromatic rings. The Hall–Kier alpha value is -2.42. The summed E-state index contributed by atoms with van der Waals surface area (Å²) in [7, 11) is 0. The second-order valence-electron chi connectivity index (χ2n) is 6.06. The number of carbonyl (C=O) groups is 1. The quantitative estimate of drug-likeness (QED) is 0.667. The van der Waals surface area contributed by atoms with Crippen LogP contribution in [0.15, 0.2) is 36.7 Å². The van der Waals surface area contributed by atoms with E-state index in [1.807, 2.05) is 18.2 Å². The Morgan fingerprint density at radius 1 is 1.22 bits per heavy atom. The first-order valence-electron chi connectivity index (χ1n) is 8.87. The zero-order chi connectivity index (χ0) is 18.9. The molecule has 1 saturated heterocycles. The molecular weight excluding hydrogens is 368 g/mol. The average molecular weight is 391 g/mol. The summed E-state index contributed by atoms with van der Waals surface area (Å²) in [6.07, 6.45) is 3.01. The maximum absolute atomic E-state index is 12.1. The van der Waals surface area contributed by atoms with Gasteiger partial charge in [0.05, 0.1) is 0 Å². The van der Waals surface area contributed by atoms with Crippen molar-refractivity contribution in [1.82, 2.24) is 25.5 Å². The van der Waals surface area contributed by atoms with Gasteiger partial charge in [-0.25, -0.2) is 14.8 Å². The normalized spacial score (nSPS) is 14.6. The number of piperazine rings is 1. The summed E-state index contributed by atoms with van der Waals surface area (Å²) in [5, 5.41) is 9.43. The van der Waals surface area contributed by atoms with E-state index in [9.17, 15) is 4.79 Å². The number of nitrogens with zero attached hydrogens (tertiary/aromatic N) is 3. The van der Waals surface area contributed by atoms with E-state index in [-0.39, 0.29) is 24.3 Å². The van der Waals surface area contributed by atoms with Crippen molar-refractivity contribution < 1.29 is 9.53 Å². The van der Waals surface area contributed by atoms with Crippen LogP contribution in [-0.4, -0.2) is 60.2 Å². The van der Waals surface area contributed by atoms with Crippen LogP contribution in [0.3, 0.4) is 0 Å². The molecule has 1 aliphatic rings. The highest BCUT2D eigenvalue weighted by atomic mass is 35.5. The summed E-state index contributed by atoms with van der Waals surface area (Å²) in [5.41, 5.74) is 0.830. The lowest BCUT2D eigenvalue weighted by Gasteiger charge is -2.27. The summed E-state index contributed by atoms with van der Waals surface area (Å²) in [6.45, 7) is 5.56. The van der Waals surface area contributed by atoms with E-state index in [0.29, 0.717) is 11.6 Å². The largest absolute Gasteiger partial charge is 0.470 e. The Kier molecular flexibility index (Phi) is 7.20. The lowest BCUT2D eigenvalue weighted by Crippen LogP contribution is -2.46. The van der Waals surface area contributed by atoms with Crippen molar-refractivity contribution in [2.24, 2.45) is 0 Å². The molecule has 0 spiro atoms. The van der Waals surface area contributed by atoms with Gasteiger partial charge in [0.2, 0.25) is 0 Å². The number of nitrogens with one attached hydrogen (secondary N) is 3. The van der Waals surface area contributed by atoms with Crippen LogP contribution in [-0.2, 0) is 6.61 Å². The van der Waals surface area contributed by atoms with Crippen LogP contribution < -0.4 is 20.7 Å². The molecule has 3 rings (SSSR count). The van der Waals surface area contributed by atoms with Gasteiger partial charge in [-0.1, -0.05) is 29.8 Å². The summed E-state index contributed by atoms with van der Waals surface area (Å²) in [4.78, 5) is 22.7. The fourth-order valence-electron chi connectivity index (χ4n) is 2.69. The van der Waals surface area contributed by atoms with Gasteiger partial charge >= 0.3 is 6.03 Å². The predicted octanol–water partition coefficient (Wildman–Crippen LogP) is 1.74. The van der Waals surface area contributed by atoms with E-state index >= 15 is 0 Å². The first-order chi connectivity index (χ1) is 13.2. The van der Waals surface area contributed by atoms with E-state index in [4.69, 9.17) is 16.3 Å². The Balaban J connectivity index is 1.49. The molecule has 1 aromatic carbocycles. The van der Waals surface area contributed by atoms with Gasteiger partial charge in [-0.3, -0.25) is 10.2 Å². The van der Waals surface area contributed by atoms with E-state index in [1.165, 1.54) is 12.4 Å². The number of halogens is 1. The van der Waals surface area contributed by atoms with Gasteiger partial charge in [-0.2, -0.15) is 0 Å². The monoisotopic (exact) mass is 390 g/mol. The number of benzene rings is 1. The number of ether oxygens (including phenoxy) is 1. The minimum absolute atomic E-state index is 0.234. The molecule has 2 heterocycles. The molecule has 3 N–H and O–H groups in total. The zero-order valence-corrected chi connectivity index (χ0v) is 15.7. The molecule has 0 bridgehead atoms. The minimum Gasteiger partial charge on any atom is -0.470 e. The highest BCUT2D eigenvalue weighted by Gasteiger charge is 2.13. The highest BCUT2D eigenvalue weighted by Crippen LogP contribution is 2.21. The maximum atomic E-state index is 12.1. The van der Waals surface area contributed by atoms with Crippen molar-refractivity contribution in [2.75, 3.05) is 44.6 Å². The van der Waals surface area contributed by atoms with Crippen molar-refractivity contribution in [3.8, 4) is 5.88 Å². The fraction of sp³-hybridized carbons (Fsp3) is 0.389. The predicted molar refractivity (Wildman–Crippen MR) is 104 cm³/mol. The first-order valence-corrected chi connectivity index (χ1v) is 9.25. The summed E-state index contributed by atoms with van der Waals surface area (Å²) < 4.78 is 5.69. The molecule has 1 fully saturated rings. The van der Waals surface area contributed by atoms with Crippen molar-refractivity contribution in [3.05, 3.63) is 47.2 Å². The molecule has 2 amide bonds. The van der Waals surface area contributed by atoms with Gasteiger partial charge < -0.3 is 15.4 Å². The molecular formula is C18H23ClN6O2. The standard InChI is InChI=1S/C18H23ClN6O2/c19-15-4-2-1-3-14(15)13-27-17-16(21-5-6-22-17)24-18(26)23-9-12-25-10-7-20-8-11-25/h1-6,20H,7-13H2,(H2,21,23,24,26). The van der Waals surface area contributed by atoms with Gasteiger partial charge in [-0.15, -0.1) is 0 Å². The number of hydrogen-bond acceptors (Lipinski definition) is 6. The van der Waals surface area contributed by atoms with Crippen molar-refractivity contribution in [2.45, 2.75) is 6.61 Å². The summed E-state index contributed by atoms with van der Waals surface area (Å²) in [6, 6.07) is 7.06. The SMILES string of the molecule is O=C(NCCN1CCNCC1)Nc1nccnc1OCc1ccccc1Cl. The van der Waals surface area contributed by atoms with Crippen LogP contribution in [0.25, 0.3) is 0 Å². The smallest absolute Gasteiger partial charge is 0.320 e. The molecule has 0 saturated carbocycles. The van der Waals surface area contributed by atoms with Crippen LogP contribution >= 0.6 is 11.6 Å². The Labute approximate surface area is 163 Å². The van der Waals surface area contributed by atoms with E-state index < -0.39 is 0 Å². The lowest BCUT2D eigenvalue weighted by molar-refractivity contribution is 0.233. The fourth-order valence-corrected chi connectivity index (χ4v) is 2.88. The molecule has 1 aromatic heterocycles. The zero-order valence-electron chi connectivity index (χ0n) is 14.9. The van der Waals surface area contributed by atoms with Gasteiger partial charge in [0.25, 0.3) is 5.88 Å². The molecule has 27 heavy (non-hydrogen) atoms. The number of aromatic nitrogens is 2. The molecule has 8 nitrogen and oxygen atoms in total. The highest BCUT2D eigenvalue weighted by molar-refractivity contribution is 6.31. The van der Waals surface area contributed by atoms with Gasteiger partial charge in [0, 0.05) is 62.2 Å². The molecule has 9 heteroatoms. The first kappa shape index (κ1) is 19.3. The third kappa shape index (κ3) is 6.06. The second-order valence-corrected chi connectivity index (χ2v) is 6.47. The number of anilines is 1. The number of carbonyl (C=O) groups excluding carboxylic acids is 1. The van der Waals surface area contributed by atoms with Crippen LogP contribution in [0.5, 0.6) is 5.88 Å². The average Bonchev–Trinajstić information content (AvgIpc) is 2.69. The van der Waals surface area contributed by atoms with Crippen LogP contribution in [0.1, 0.15) is 5.56 Å². The Morgan fingerprint density at radius 3 is 2.81 bits per heavy atom. The van der Waals surface area contributed by atoms with Crippen molar-refractivity contribution in [3.63, 3.8) is 0 Å². The third-order valence-corrected chi connectivity index (χ3v) is 4.51. The summed E-state index contributed by atoms with van der Waals surface area (Å²) >= 11 is 6.13. The molecule has 144 valence electrons. The molecule has 0 atom stereocenters. The van der Waals surface area contributed by atoms with E-state index in [2.05, 4.69) is 30.8 Å². The molecule has 0 radical (unpaired) electrons. The molecule has 0 aliphatic carbocycles. The lowest BCUT2D eigenvalue weighted by atomic mass is 10.2. The van der Waals surface area contributed by atoms with Gasteiger partial charge in [-0.05, 0) is 6.07 Å². The minimum atomic E-state index is -0.340. The van der Waals surface area contributed by atoms with Crippen LogP contribution in [0, 0.1) is 0 Å². The number of urea groups is 1. The number of amides is 2.